The average molecular weight is 296 g/mol. The quantitative estimate of drug-likeness (QED) is 0.809. The summed E-state index contributed by atoms with van der Waals surface area (Å²) >= 11 is 4.92. The fourth-order valence-corrected chi connectivity index (χ4v) is 2.75. The fourth-order valence-electron chi connectivity index (χ4n) is 1.42. The molecule has 0 unspecified atom stereocenters. The van der Waals surface area contributed by atoms with Crippen molar-refractivity contribution in [1.29, 1.82) is 0 Å². The van der Waals surface area contributed by atoms with Crippen molar-refractivity contribution in [3.05, 3.63) is 50.4 Å². The van der Waals surface area contributed by atoms with Crippen LogP contribution in [0.2, 0.25) is 0 Å². The van der Waals surface area contributed by atoms with E-state index in [4.69, 9.17) is 0 Å². The van der Waals surface area contributed by atoms with Gasteiger partial charge in [0.1, 0.15) is 5.01 Å². The maximum absolute atomic E-state index is 12.0. The predicted octanol–water partition coefficient (Wildman–Crippen LogP) is 3.64. The normalized spacial score (nSPS) is 10.4. The number of nitrogens with zero attached hydrogens (tertiary/aromatic N) is 1. The molecule has 16 heavy (non-hydrogen) atoms. The molecule has 0 amide bonds. The van der Waals surface area contributed by atoms with E-state index in [0.29, 0.717) is 6.42 Å². The Morgan fingerprint density at radius 1 is 1.50 bits per heavy atom. The van der Waals surface area contributed by atoms with Gasteiger partial charge in [-0.05, 0) is 24.6 Å². The molecule has 0 aliphatic heterocycles. The molecule has 2 nitrogen and oxygen atoms in total. The van der Waals surface area contributed by atoms with E-state index in [1.807, 2.05) is 30.5 Å². The Balaban J connectivity index is 2.21. The van der Waals surface area contributed by atoms with Crippen LogP contribution in [0.3, 0.4) is 0 Å². The number of ketones is 1. The fraction of sp³-hybridized carbons (Fsp3) is 0.167. The SMILES string of the molecule is Cc1ccc(C(=O)Cc2nccs2)c(Br)c1. The third-order valence-corrected chi connectivity index (χ3v) is 3.66. The highest BCUT2D eigenvalue weighted by Crippen LogP contribution is 2.20. The second kappa shape index (κ2) is 4.89. The van der Waals surface area contributed by atoms with Crippen LogP contribution in [0.4, 0.5) is 0 Å². The monoisotopic (exact) mass is 295 g/mol. The lowest BCUT2D eigenvalue weighted by Crippen LogP contribution is -2.04. The summed E-state index contributed by atoms with van der Waals surface area (Å²) < 4.78 is 0.856. The number of hydrogen-bond acceptors (Lipinski definition) is 3. The first kappa shape index (κ1) is 11.5. The van der Waals surface area contributed by atoms with Gasteiger partial charge in [-0.3, -0.25) is 4.79 Å². The van der Waals surface area contributed by atoms with E-state index >= 15 is 0 Å². The van der Waals surface area contributed by atoms with Crippen molar-refractivity contribution in [2.24, 2.45) is 0 Å². The van der Waals surface area contributed by atoms with Crippen LogP contribution in [-0.2, 0) is 6.42 Å². The minimum absolute atomic E-state index is 0.0989. The molecule has 4 heteroatoms. The molecule has 0 saturated carbocycles. The molecule has 0 radical (unpaired) electrons. The first-order valence-electron chi connectivity index (χ1n) is 4.84. The summed E-state index contributed by atoms with van der Waals surface area (Å²) in [6, 6.07) is 5.75. The smallest absolute Gasteiger partial charge is 0.170 e. The maximum Gasteiger partial charge on any atom is 0.170 e. The Hall–Kier alpha value is -1.00. The number of aromatic nitrogens is 1. The van der Waals surface area contributed by atoms with Gasteiger partial charge < -0.3 is 0 Å². The highest BCUT2D eigenvalue weighted by Gasteiger charge is 2.11. The second-order valence-electron chi connectivity index (χ2n) is 3.51. The zero-order valence-corrected chi connectivity index (χ0v) is 11.1. The Kier molecular flexibility index (Phi) is 3.51. The van der Waals surface area contributed by atoms with Crippen molar-refractivity contribution in [3.8, 4) is 0 Å². The van der Waals surface area contributed by atoms with Crippen LogP contribution in [0.15, 0.2) is 34.2 Å². The molecule has 82 valence electrons. The Morgan fingerprint density at radius 3 is 2.94 bits per heavy atom. The van der Waals surface area contributed by atoms with Gasteiger partial charge in [0.25, 0.3) is 0 Å². The van der Waals surface area contributed by atoms with Crippen molar-refractivity contribution in [3.63, 3.8) is 0 Å². The van der Waals surface area contributed by atoms with Crippen LogP contribution >= 0.6 is 27.3 Å². The molecule has 1 aromatic heterocycles. The molecule has 0 bridgehead atoms. The minimum Gasteiger partial charge on any atom is -0.294 e. The Morgan fingerprint density at radius 2 is 2.31 bits per heavy atom. The second-order valence-corrected chi connectivity index (χ2v) is 5.34. The summed E-state index contributed by atoms with van der Waals surface area (Å²) in [5, 5.41) is 2.74. The first-order chi connectivity index (χ1) is 7.66. The molecule has 0 fully saturated rings. The van der Waals surface area contributed by atoms with E-state index in [0.717, 1.165) is 20.6 Å². The number of aryl methyl sites for hydroxylation is 1. The van der Waals surface area contributed by atoms with Gasteiger partial charge in [-0.25, -0.2) is 4.98 Å². The number of hydrogen-bond donors (Lipinski definition) is 0. The van der Waals surface area contributed by atoms with Gasteiger partial charge in [0.15, 0.2) is 5.78 Å². The summed E-state index contributed by atoms with van der Waals surface area (Å²) in [6.07, 6.45) is 2.09. The lowest BCUT2D eigenvalue weighted by atomic mass is 10.1. The van der Waals surface area contributed by atoms with E-state index in [1.54, 1.807) is 6.20 Å². The van der Waals surface area contributed by atoms with Crippen LogP contribution in [0, 0.1) is 6.92 Å². The largest absolute Gasteiger partial charge is 0.294 e. The molecule has 2 aromatic rings. The molecular weight excluding hydrogens is 286 g/mol. The molecule has 0 saturated heterocycles. The summed E-state index contributed by atoms with van der Waals surface area (Å²) in [7, 11) is 0. The third-order valence-electron chi connectivity index (χ3n) is 2.22. The number of benzene rings is 1. The number of carbonyl (C=O) groups excluding carboxylic acids is 1. The van der Waals surface area contributed by atoms with Crippen LogP contribution in [-0.4, -0.2) is 10.8 Å². The van der Waals surface area contributed by atoms with Crippen molar-refractivity contribution in [2.75, 3.05) is 0 Å². The van der Waals surface area contributed by atoms with E-state index in [1.165, 1.54) is 11.3 Å². The highest BCUT2D eigenvalue weighted by atomic mass is 79.9. The van der Waals surface area contributed by atoms with Gasteiger partial charge in [-0.2, -0.15) is 0 Å². The zero-order valence-electron chi connectivity index (χ0n) is 8.74. The summed E-state index contributed by atoms with van der Waals surface area (Å²) in [5.41, 5.74) is 1.86. The van der Waals surface area contributed by atoms with Crippen molar-refractivity contribution < 1.29 is 4.79 Å². The van der Waals surface area contributed by atoms with Gasteiger partial charge in [-0.1, -0.05) is 22.0 Å². The highest BCUT2D eigenvalue weighted by molar-refractivity contribution is 9.10. The molecular formula is C12H10BrNOS. The van der Waals surface area contributed by atoms with Gasteiger partial charge in [0.05, 0.1) is 6.42 Å². The summed E-state index contributed by atoms with van der Waals surface area (Å²) in [5.74, 6) is 0.0989. The van der Waals surface area contributed by atoms with Crippen molar-refractivity contribution >= 4 is 33.0 Å². The molecule has 1 aromatic carbocycles. The molecule has 2 rings (SSSR count). The lowest BCUT2D eigenvalue weighted by molar-refractivity contribution is 0.0992. The van der Waals surface area contributed by atoms with Gasteiger partial charge in [0, 0.05) is 21.6 Å². The summed E-state index contributed by atoms with van der Waals surface area (Å²) in [6.45, 7) is 2.00. The van der Waals surface area contributed by atoms with Crippen LogP contribution < -0.4 is 0 Å². The molecule has 0 aliphatic carbocycles. The van der Waals surface area contributed by atoms with Gasteiger partial charge in [0.2, 0.25) is 0 Å². The first-order valence-corrected chi connectivity index (χ1v) is 6.52. The molecule has 0 N–H and O–H groups in total. The Labute approximate surface area is 106 Å². The number of halogens is 1. The molecule has 0 atom stereocenters. The molecule has 0 spiro atoms. The average Bonchev–Trinajstić information content (AvgIpc) is 2.70. The zero-order chi connectivity index (χ0) is 11.5. The Bertz CT molecular complexity index is 508. The van der Waals surface area contributed by atoms with E-state index in [9.17, 15) is 4.79 Å². The predicted molar refractivity (Wildman–Crippen MR) is 69.0 cm³/mol. The van der Waals surface area contributed by atoms with E-state index in [2.05, 4.69) is 20.9 Å². The van der Waals surface area contributed by atoms with Gasteiger partial charge >= 0.3 is 0 Å². The lowest BCUT2D eigenvalue weighted by Gasteiger charge is -2.03. The number of Topliss-reactive ketones (excluding diaryl/α,β-unsaturated/α-hetero) is 1. The van der Waals surface area contributed by atoms with Crippen LogP contribution in [0.1, 0.15) is 20.9 Å². The van der Waals surface area contributed by atoms with E-state index < -0.39 is 0 Å². The number of carbonyl (C=O) groups is 1. The van der Waals surface area contributed by atoms with Crippen LogP contribution in [0.25, 0.3) is 0 Å². The number of rotatable bonds is 3. The van der Waals surface area contributed by atoms with E-state index in [-0.39, 0.29) is 5.78 Å². The third kappa shape index (κ3) is 2.57. The van der Waals surface area contributed by atoms with Gasteiger partial charge in [-0.15, -0.1) is 11.3 Å². The maximum atomic E-state index is 12.0. The standard InChI is InChI=1S/C12H10BrNOS/c1-8-2-3-9(10(13)6-8)11(15)7-12-14-4-5-16-12/h2-6H,7H2,1H3. The molecule has 1 heterocycles. The molecule has 0 aliphatic rings. The van der Waals surface area contributed by atoms with Crippen LogP contribution in [0.5, 0.6) is 0 Å². The topological polar surface area (TPSA) is 30.0 Å². The minimum atomic E-state index is 0.0989. The van der Waals surface area contributed by atoms with Crippen molar-refractivity contribution in [2.45, 2.75) is 13.3 Å². The number of thiazole rings is 1. The van der Waals surface area contributed by atoms with Crippen molar-refractivity contribution in [1.82, 2.24) is 4.98 Å². The summed E-state index contributed by atoms with van der Waals surface area (Å²) in [4.78, 5) is 16.1.